The lowest BCUT2D eigenvalue weighted by Crippen LogP contribution is -2.14. The van der Waals surface area contributed by atoms with Gasteiger partial charge in [0.15, 0.2) is 0 Å². The zero-order chi connectivity index (χ0) is 16.6. The molecule has 1 aromatic carbocycles. The van der Waals surface area contributed by atoms with Crippen LogP contribution in [0.1, 0.15) is 82.6 Å². The highest BCUT2D eigenvalue weighted by Crippen LogP contribution is 2.13. The highest BCUT2D eigenvalue weighted by Gasteiger charge is 2.01. The molecule has 23 heavy (non-hydrogen) atoms. The van der Waals surface area contributed by atoms with Crippen molar-refractivity contribution in [3.05, 3.63) is 42.5 Å². The highest BCUT2D eigenvalue weighted by molar-refractivity contribution is 7.01. The van der Waals surface area contributed by atoms with E-state index < -0.39 is 0 Å². The third kappa shape index (κ3) is 10.8. The van der Waals surface area contributed by atoms with Gasteiger partial charge in [0.1, 0.15) is 0 Å². The molecular weight excluding hydrogens is 316 g/mol. The van der Waals surface area contributed by atoms with Crippen molar-refractivity contribution < 1.29 is 0 Å². The minimum absolute atomic E-state index is 0.407. The number of halogens is 1. The quantitative estimate of drug-likeness (QED) is 0.145. The third-order valence-electron chi connectivity index (χ3n) is 4.47. The summed E-state index contributed by atoms with van der Waals surface area (Å²) in [5.41, 5.74) is 1.46. The summed E-state index contributed by atoms with van der Waals surface area (Å²) in [4.78, 5) is 0. The van der Waals surface area contributed by atoms with Crippen LogP contribution < -0.4 is 5.19 Å². The normalized spacial score (nSPS) is 10.8. The van der Waals surface area contributed by atoms with E-state index in [1.807, 2.05) is 6.08 Å². The van der Waals surface area contributed by atoms with Gasteiger partial charge in [0, 0.05) is 0 Å². The largest absolute Gasteiger partial charge is 0.210 e. The average molecular weight is 349 g/mol. The fourth-order valence-corrected chi connectivity index (χ4v) is 4.07. The summed E-state index contributed by atoms with van der Waals surface area (Å²) in [6, 6.07) is 8.62. The molecule has 1 rings (SSSR count). The van der Waals surface area contributed by atoms with Gasteiger partial charge in [0.2, 0.25) is 8.83 Å². The molecule has 0 aliphatic heterocycles. The molecule has 0 spiro atoms. The fraction of sp³-hybridized carbons (Fsp3) is 0.619. The van der Waals surface area contributed by atoms with Gasteiger partial charge in [-0.1, -0.05) is 88.1 Å². The summed E-state index contributed by atoms with van der Waals surface area (Å²) in [5.74, 6) is 0. The first-order valence-electron chi connectivity index (χ1n) is 9.44. The third-order valence-corrected chi connectivity index (χ3v) is 5.78. The molecule has 0 fully saturated rings. The van der Waals surface area contributed by atoms with Gasteiger partial charge in [0.25, 0.3) is 0 Å². The Balaban J connectivity index is 1.87. The second-order valence-corrected chi connectivity index (χ2v) is 7.76. The first-order chi connectivity index (χ1) is 11.4. The van der Waals surface area contributed by atoms with Crippen LogP contribution in [0.4, 0.5) is 0 Å². The van der Waals surface area contributed by atoms with Gasteiger partial charge in [-0.3, -0.25) is 0 Å². The van der Waals surface area contributed by atoms with Gasteiger partial charge in [-0.15, -0.1) is 6.58 Å². The van der Waals surface area contributed by atoms with Crippen LogP contribution in [0.3, 0.4) is 0 Å². The maximum Gasteiger partial charge on any atom is 0.210 e. The van der Waals surface area contributed by atoms with Crippen LogP contribution in [0.15, 0.2) is 36.9 Å². The van der Waals surface area contributed by atoms with E-state index in [-0.39, 0.29) is 0 Å². The van der Waals surface area contributed by atoms with Crippen LogP contribution in [-0.4, -0.2) is 8.83 Å². The van der Waals surface area contributed by atoms with E-state index in [1.54, 1.807) is 0 Å². The van der Waals surface area contributed by atoms with Crippen molar-refractivity contribution in [1.82, 2.24) is 0 Å². The van der Waals surface area contributed by atoms with Crippen molar-refractivity contribution in [2.45, 2.75) is 83.5 Å². The van der Waals surface area contributed by atoms with Gasteiger partial charge >= 0.3 is 0 Å². The molecule has 0 saturated heterocycles. The second kappa shape index (κ2) is 15.0. The Morgan fingerprint density at radius 1 is 0.783 bits per heavy atom. The Hall–Kier alpha value is -0.533. The molecule has 0 aliphatic carbocycles. The zero-order valence-electron chi connectivity index (χ0n) is 14.7. The lowest BCUT2D eigenvalue weighted by molar-refractivity contribution is 0.546. The number of rotatable bonds is 15. The Morgan fingerprint density at radius 3 is 1.87 bits per heavy atom. The van der Waals surface area contributed by atoms with E-state index in [2.05, 4.69) is 30.8 Å². The van der Waals surface area contributed by atoms with E-state index in [4.69, 9.17) is 11.1 Å². The summed E-state index contributed by atoms with van der Waals surface area (Å²) in [5, 5.41) is 1.34. The van der Waals surface area contributed by atoms with Crippen molar-refractivity contribution in [3.63, 3.8) is 0 Å². The van der Waals surface area contributed by atoms with E-state index in [1.165, 1.54) is 94.2 Å². The first-order valence-corrected chi connectivity index (χ1v) is 11.4. The van der Waals surface area contributed by atoms with E-state index in [9.17, 15) is 0 Å². The topological polar surface area (TPSA) is 0 Å². The molecule has 0 atom stereocenters. The second-order valence-electron chi connectivity index (χ2n) is 6.47. The van der Waals surface area contributed by atoms with Crippen LogP contribution in [0.5, 0.6) is 0 Å². The monoisotopic (exact) mass is 348 g/mol. The summed E-state index contributed by atoms with van der Waals surface area (Å²) in [6.45, 7) is 3.77. The van der Waals surface area contributed by atoms with Crippen LogP contribution in [-0.2, 0) is 6.42 Å². The molecule has 0 heterocycles. The Labute approximate surface area is 151 Å². The standard InChI is InChI=1S/C21H33ClSi/c1-2-3-4-5-6-7-8-9-10-11-12-13-14-17-20-18-15-16-19-21(20)23-22/h2,15-16,18-19H,1,3-14,17H2. The number of allylic oxidation sites excluding steroid dienone is 1. The molecule has 0 N–H and O–H groups in total. The van der Waals surface area contributed by atoms with Crippen LogP contribution >= 0.6 is 11.1 Å². The van der Waals surface area contributed by atoms with Gasteiger partial charge in [-0.05, 0) is 36.4 Å². The summed E-state index contributed by atoms with van der Waals surface area (Å²) < 4.78 is 0. The molecule has 0 amide bonds. The maximum absolute atomic E-state index is 6.01. The predicted molar refractivity (Wildman–Crippen MR) is 107 cm³/mol. The van der Waals surface area contributed by atoms with Crippen molar-refractivity contribution in [2.24, 2.45) is 0 Å². The Morgan fingerprint density at radius 2 is 1.30 bits per heavy atom. The molecule has 2 heteroatoms. The van der Waals surface area contributed by atoms with Gasteiger partial charge in [-0.25, -0.2) is 0 Å². The smallest absolute Gasteiger partial charge is 0.165 e. The molecular formula is C21H33ClSi. The maximum atomic E-state index is 6.01. The van der Waals surface area contributed by atoms with Crippen LogP contribution in [0.25, 0.3) is 0 Å². The molecule has 0 bridgehead atoms. The summed E-state index contributed by atoms with van der Waals surface area (Å²) in [6.07, 6.45) is 19.7. The van der Waals surface area contributed by atoms with Crippen molar-refractivity contribution in [2.75, 3.05) is 0 Å². The number of aryl methyl sites for hydroxylation is 1. The van der Waals surface area contributed by atoms with Gasteiger partial charge < -0.3 is 0 Å². The highest BCUT2D eigenvalue weighted by atomic mass is 35.6. The average Bonchev–Trinajstić information content (AvgIpc) is 2.59. The molecule has 0 aromatic heterocycles. The summed E-state index contributed by atoms with van der Waals surface area (Å²) in [7, 11) is 0.407. The molecule has 0 unspecified atom stereocenters. The predicted octanol–water partition coefficient (Wildman–Crippen LogP) is 6.58. The Kier molecular flexibility index (Phi) is 13.4. The van der Waals surface area contributed by atoms with Crippen molar-refractivity contribution in [3.8, 4) is 0 Å². The van der Waals surface area contributed by atoms with Crippen molar-refractivity contribution >= 4 is 25.1 Å². The fourth-order valence-electron chi connectivity index (χ4n) is 3.03. The van der Waals surface area contributed by atoms with E-state index in [0.29, 0.717) is 8.83 Å². The SMILES string of the molecule is C=CCCCCCCCCCCCCCc1ccccc1[Si]Cl. The molecule has 0 saturated carbocycles. The lowest BCUT2D eigenvalue weighted by atomic mass is 10.0. The molecule has 2 radical (unpaired) electrons. The number of benzene rings is 1. The number of hydrogen-bond donors (Lipinski definition) is 0. The summed E-state index contributed by atoms with van der Waals surface area (Å²) >= 11 is 6.01. The molecule has 0 aliphatic rings. The molecule has 0 nitrogen and oxygen atoms in total. The lowest BCUT2D eigenvalue weighted by Gasteiger charge is -2.06. The number of unbranched alkanes of at least 4 members (excludes halogenated alkanes) is 11. The van der Waals surface area contributed by atoms with E-state index >= 15 is 0 Å². The van der Waals surface area contributed by atoms with E-state index in [0.717, 1.165) is 0 Å². The Bertz CT molecular complexity index is 403. The number of hydrogen-bond acceptors (Lipinski definition) is 0. The van der Waals surface area contributed by atoms with Gasteiger partial charge in [0.05, 0.1) is 0 Å². The minimum atomic E-state index is 0.407. The molecule has 128 valence electrons. The van der Waals surface area contributed by atoms with Crippen molar-refractivity contribution in [1.29, 1.82) is 0 Å². The zero-order valence-corrected chi connectivity index (χ0v) is 16.4. The van der Waals surface area contributed by atoms with Gasteiger partial charge in [-0.2, -0.15) is 11.1 Å². The van der Waals surface area contributed by atoms with Crippen LogP contribution in [0.2, 0.25) is 0 Å². The molecule has 1 aromatic rings. The van der Waals surface area contributed by atoms with Crippen LogP contribution in [0, 0.1) is 0 Å². The first kappa shape index (κ1) is 20.5. The minimum Gasteiger partial charge on any atom is -0.165 e.